The molecular formula is C11H10FNO. The van der Waals surface area contributed by atoms with E-state index >= 15 is 0 Å². The maximum Gasteiger partial charge on any atom is 0.123 e. The number of rotatable bonds is 0. The van der Waals surface area contributed by atoms with Crippen molar-refractivity contribution >= 4 is 10.9 Å². The van der Waals surface area contributed by atoms with Crippen LogP contribution >= 0.6 is 0 Å². The van der Waals surface area contributed by atoms with Crippen LogP contribution in [0.1, 0.15) is 5.69 Å². The molecule has 1 aliphatic rings. The fourth-order valence-electron chi connectivity index (χ4n) is 2.02. The SMILES string of the molecule is Fc1ccc2c(c1)cc1n2CCOC1. The highest BCUT2D eigenvalue weighted by atomic mass is 19.1. The van der Waals surface area contributed by atoms with E-state index in [1.54, 1.807) is 6.07 Å². The molecule has 0 fully saturated rings. The monoisotopic (exact) mass is 191 g/mol. The second kappa shape index (κ2) is 2.82. The van der Waals surface area contributed by atoms with Crippen molar-refractivity contribution in [1.29, 1.82) is 0 Å². The van der Waals surface area contributed by atoms with Gasteiger partial charge in [0.25, 0.3) is 0 Å². The Bertz CT molecular complexity index is 489. The highest BCUT2D eigenvalue weighted by Crippen LogP contribution is 2.23. The van der Waals surface area contributed by atoms with Crippen LogP contribution in [0.15, 0.2) is 24.3 Å². The first-order valence-electron chi connectivity index (χ1n) is 4.70. The molecule has 1 aliphatic heterocycles. The third-order valence-corrected chi connectivity index (χ3v) is 2.66. The Labute approximate surface area is 80.9 Å². The standard InChI is InChI=1S/C11H10FNO/c12-9-1-2-11-8(5-9)6-10-7-14-4-3-13(10)11/h1-2,5-6H,3-4,7H2. The summed E-state index contributed by atoms with van der Waals surface area (Å²) >= 11 is 0. The van der Waals surface area contributed by atoms with Gasteiger partial charge in [0.2, 0.25) is 0 Å². The quantitative estimate of drug-likeness (QED) is 0.623. The zero-order valence-corrected chi connectivity index (χ0v) is 7.66. The predicted octanol–water partition coefficient (Wildman–Crippen LogP) is 2.31. The van der Waals surface area contributed by atoms with Crippen molar-refractivity contribution in [2.75, 3.05) is 6.61 Å². The molecule has 0 radical (unpaired) electrons. The van der Waals surface area contributed by atoms with E-state index in [0.29, 0.717) is 6.61 Å². The molecule has 2 aromatic rings. The maximum absolute atomic E-state index is 13.0. The van der Waals surface area contributed by atoms with Gasteiger partial charge in [-0.25, -0.2) is 4.39 Å². The Morgan fingerprint density at radius 3 is 3.14 bits per heavy atom. The molecule has 2 heterocycles. The van der Waals surface area contributed by atoms with Crippen molar-refractivity contribution < 1.29 is 9.13 Å². The predicted molar refractivity (Wildman–Crippen MR) is 51.6 cm³/mol. The minimum Gasteiger partial charge on any atom is -0.373 e. The lowest BCUT2D eigenvalue weighted by Gasteiger charge is -2.16. The van der Waals surface area contributed by atoms with Gasteiger partial charge in [-0.1, -0.05) is 0 Å². The number of nitrogens with zero attached hydrogens (tertiary/aromatic N) is 1. The van der Waals surface area contributed by atoms with Gasteiger partial charge >= 0.3 is 0 Å². The van der Waals surface area contributed by atoms with E-state index in [2.05, 4.69) is 4.57 Å². The molecule has 14 heavy (non-hydrogen) atoms. The Morgan fingerprint density at radius 1 is 1.29 bits per heavy atom. The Balaban J connectivity index is 2.31. The largest absolute Gasteiger partial charge is 0.373 e. The molecule has 0 aliphatic carbocycles. The van der Waals surface area contributed by atoms with Gasteiger partial charge in [0.05, 0.1) is 13.2 Å². The lowest BCUT2D eigenvalue weighted by Crippen LogP contribution is -2.15. The number of fused-ring (bicyclic) bond motifs is 3. The first kappa shape index (κ1) is 8.00. The minimum atomic E-state index is -0.179. The molecule has 0 unspecified atom stereocenters. The molecule has 0 bridgehead atoms. The number of ether oxygens (including phenoxy) is 1. The normalized spacial score (nSPS) is 15.8. The molecule has 3 heteroatoms. The smallest absolute Gasteiger partial charge is 0.123 e. The van der Waals surface area contributed by atoms with Gasteiger partial charge in [-0.05, 0) is 24.3 Å². The molecule has 0 saturated carbocycles. The lowest BCUT2D eigenvalue weighted by atomic mass is 10.2. The summed E-state index contributed by atoms with van der Waals surface area (Å²) in [7, 11) is 0. The number of benzene rings is 1. The molecule has 1 aromatic heterocycles. The number of halogens is 1. The zero-order chi connectivity index (χ0) is 9.54. The van der Waals surface area contributed by atoms with Crippen LogP contribution in [-0.2, 0) is 17.9 Å². The molecule has 0 N–H and O–H groups in total. The fourth-order valence-corrected chi connectivity index (χ4v) is 2.02. The molecule has 3 rings (SSSR count). The van der Waals surface area contributed by atoms with Gasteiger partial charge in [-0.15, -0.1) is 0 Å². The van der Waals surface area contributed by atoms with E-state index in [-0.39, 0.29) is 5.82 Å². The number of aromatic nitrogens is 1. The van der Waals surface area contributed by atoms with Crippen LogP contribution in [0.5, 0.6) is 0 Å². The van der Waals surface area contributed by atoms with Crippen molar-refractivity contribution in [2.24, 2.45) is 0 Å². The summed E-state index contributed by atoms with van der Waals surface area (Å²) < 4.78 is 20.5. The van der Waals surface area contributed by atoms with Gasteiger partial charge in [0, 0.05) is 23.1 Å². The molecule has 72 valence electrons. The molecule has 0 saturated heterocycles. The van der Waals surface area contributed by atoms with E-state index < -0.39 is 0 Å². The average Bonchev–Trinajstić information content (AvgIpc) is 2.54. The molecular weight excluding hydrogens is 181 g/mol. The second-order valence-electron chi connectivity index (χ2n) is 3.54. The van der Waals surface area contributed by atoms with E-state index in [1.165, 1.54) is 6.07 Å². The van der Waals surface area contributed by atoms with Crippen LogP contribution in [0, 0.1) is 5.82 Å². The van der Waals surface area contributed by atoms with E-state index in [4.69, 9.17) is 4.74 Å². The zero-order valence-electron chi connectivity index (χ0n) is 7.66. The molecule has 0 atom stereocenters. The van der Waals surface area contributed by atoms with Crippen LogP contribution in [0.25, 0.3) is 10.9 Å². The average molecular weight is 191 g/mol. The van der Waals surface area contributed by atoms with Crippen LogP contribution < -0.4 is 0 Å². The van der Waals surface area contributed by atoms with Crippen molar-refractivity contribution in [2.45, 2.75) is 13.2 Å². The number of hydrogen-bond donors (Lipinski definition) is 0. The minimum absolute atomic E-state index is 0.179. The highest BCUT2D eigenvalue weighted by molar-refractivity contribution is 5.81. The summed E-state index contributed by atoms with van der Waals surface area (Å²) in [4.78, 5) is 0. The van der Waals surface area contributed by atoms with E-state index in [1.807, 2.05) is 12.1 Å². The summed E-state index contributed by atoms with van der Waals surface area (Å²) in [6.07, 6.45) is 0. The summed E-state index contributed by atoms with van der Waals surface area (Å²) in [5.41, 5.74) is 2.24. The van der Waals surface area contributed by atoms with Crippen molar-refractivity contribution in [3.05, 3.63) is 35.8 Å². The third kappa shape index (κ3) is 1.06. The van der Waals surface area contributed by atoms with Crippen LogP contribution in [0.2, 0.25) is 0 Å². The lowest BCUT2D eigenvalue weighted by molar-refractivity contribution is 0.0865. The van der Waals surface area contributed by atoms with E-state index in [0.717, 1.165) is 29.7 Å². The number of hydrogen-bond acceptors (Lipinski definition) is 1. The van der Waals surface area contributed by atoms with Gasteiger partial charge in [0.15, 0.2) is 0 Å². The van der Waals surface area contributed by atoms with Gasteiger partial charge in [-0.3, -0.25) is 0 Å². The van der Waals surface area contributed by atoms with Gasteiger partial charge in [0.1, 0.15) is 5.82 Å². The van der Waals surface area contributed by atoms with Crippen LogP contribution in [0.3, 0.4) is 0 Å². The van der Waals surface area contributed by atoms with Crippen LogP contribution in [0.4, 0.5) is 4.39 Å². The van der Waals surface area contributed by atoms with Gasteiger partial charge < -0.3 is 9.30 Å². The summed E-state index contributed by atoms with van der Waals surface area (Å²) in [6.45, 7) is 2.24. The summed E-state index contributed by atoms with van der Waals surface area (Å²) in [5.74, 6) is -0.179. The van der Waals surface area contributed by atoms with Crippen molar-refractivity contribution in [3.8, 4) is 0 Å². The molecule has 0 amide bonds. The molecule has 0 spiro atoms. The fraction of sp³-hybridized carbons (Fsp3) is 0.273. The molecule has 2 nitrogen and oxygen atoms in total. The Hall–Kier alpha value is -1.35. The maximum atomic E-state index is 13.0. The Kier molecular flexibility index (Phi) is 1.61. The topological polar surface area (TPSA) is 14.2 Å². The van der Waals surface area contributed by atoms with Crippen molar-refractivity contribution in [1.82, 2.24) is 4.57 Å². The first-order chi connectivity index (χ1) is 6.84. The van der Waals surface area contributed by atoms with Gasteiger partial charge in [-0.2, -0.15) is 0 Å². The Morgan fingerprint density at radius 2 is 2.21 bits per heavy atom. The molecule has 1 aromatic carbocycles. The summed E-state index contributed by atoms with van der Waals surface area (Å²) in [5, 5.41) is 0.963. The van der Waals surface area contributed by atoms with Crippen molar-refractivity contribution in [3.63, 3.8) is 0 Å². The summed E-state index contributed by atoms with van der Waals surface area (Å²) in [6, 6.07) is 6.91. The first-order valence-corrected chi connectivity index (χ1v) is 4.70. The second-order valence-corrected chi connectivity index (χ2v) is 3.54. The van der Waals surface area contributed by atoms with Crippen LogP contribution in [-0.4, -0.2) is 11.2 Å². The highest BCUT2D eigenvalue weighted by Gasteiger charge is 2.12. The third-order valence-electron chi connectivity index (χ3n) is 2.66. The van der Waals surface area contributed by atoms with E-state index in [9.17, 15) is 4.39 Å².